The minimum Gasteiger partial charge on any atom is -0.435 e. The molecule has 1 aromatic carbocycles. The number of hydrogen-bond donors (Lipinski definition) is 1. The lowest BCUT2D eigenvalue weighted by molar-refractivity contribution is -0.0498. The van der Waals surface area contributed by atoms with E-state index in [1.165, 1.54) is 0 Å². The molecular weight excluding hydrogens is 212 g/mol. The van der Waals surface area contributed by atoms with Crippen molar-refractivity contribution < 1.29 is 13.5 Å². The highest BCUT2D eigenvalue weighted by atomic mass is 19.3. The van der Waals surface area contributed by atoms with Crippen LogP contribution in [0.1, 0.15) is 25.3 Å². The summed E-state index contributed by atoms with van der Waals surface area (Å²) in [5.74, 6) is 0.499. The van der Waals surface area contributed by atoms with Crippen LogP contribution in [0.5, 0.6) is 5.75 Å². The van der Waals surface area contributed by atoms with Crippen LogP contribution in [0.2, 0.25) is 0 Å². The molecule has 2 nitrogen and oxygen atoms in total. The van der Waals surface area contributed by atoms with Crippen LogP contribution in [-0.2, 0) is 0 Å². The van der Waals surface area contributed by atoms with Gasteiger partial charge >= 0.3 is 6.61 Å². The van der Waals surface area contributed by atoms with Crippen LogP contribution in [-0.4, -0.2) is 12.7 Å². The van der Waals surface area contributed by atoms with Gasteiger partial charge in [-0.15, -0.1) is 0 Å². The Hall–Kier alpha value is -1.16. The van der Waals surface area contributed by atoms with E-state index in [0.717, 1.165) is 5.56 Å². The maximum absolute atomic E-state index is 11.9. The second-order valence-corrected chi connectivity index (χ2v) is 4.77. The summed E-state index contributed by atoms with van der Waals surface area (Å²) >= 11 is 0. The third-order valence-electron chi connectivity index (χ3n) is 3.38. The fraction of sp³-hybridized carbons (Fsp3) is 0.500. The van der Waals surface area contributed by atoms with E-state index in [1.54, 1.807) is 24.3 Å². The SMILES string of the molecule is CC1(C)C(N)C1c1ccc(OC(F)F)cc1. The molecule has 2 atom stereocenters. The molecule has 1 aliphatic carbocycles. The van der Waals surface area contributed by atoms with E-state index in [1.807, 2.05) is 0 Å². The first-order chi connectivity index (χ1) is 7.43. The quantitative estimate of drug-likeness (QED) is 0.861. The molecule has 1 saturated carbocycles. The van der Waals surface area contributed by atoms with Crippen molar-refractivity contribution in [1.82, 2.24) is 0 Å². The van der Waals surface area contributed by atoms with Crippen molar-refractivity contribution in [2.75, 3.05) is 0 Å². The van der Waals surface area contributed by atoms with Crippen molar-refractivity contribution in [2.45, 2.75) is 32.4 Å². The molecule has 0 saturated heterocycles. The summed E-state index contributed by atoms with van der Waals surface area (Å²) in [6.07, 6.45) is 0. The number of ether oxygens (including phenoxy) is 1. The first-order valence-corrected chi connectivity index (χ1v) is 5.23. The largest absolute Gasteiger partial charge is 0.435 e. The Balaban J connectivity index is 2.09. The third-order valence-corrected chi connectivity index (χ3v) is 3.38. The molecule has 2 unspecified atom stereocenters. The average molecular weight is 227 g/mol. The van der Waals surface area contributed by atoms with Crippen LogP contribution in [0.15, 0.2) is 24.3 Å². The van der Waals surface area contributed by atoms with E-state index in [0.29, 0.717) is 5.92 Å². The lowest BCUT2D eigenvalue weighted by Crippen LogP contribution is -2.06. The molecule has 1 fully saturated rings. The Labute approximate surface area is 93.4 Å². The Bertz CT molecular complexity index is 375. The van der Waals surface area contributed by atoms with Crippen LogP contribution >= 0.6 is 0 Å². The summed E-state index contributed by atoms with van der Waals surface area (Å²) in [7, 11) is 0. The van der Waals surface area contributed by atoms with E-state index in [4.69, 9.17) is 5.73 Å². The van der Waals surface area contributed by atoms with Gasteiger partial charge in [0, 0.05) is 12.0 Å². The molecule has 1 aliphatic rings. The molecule has 0 bridgehead atoms. The zero-order valence-electron chi connectivity index (χ0n) is 9.28. The van der Waals surface area contributed by atoms with Gasteiger partial charge in [0.05, 0.1) is 0 Å². The van der Waals surface area contributed by atoms with Crippen LogP contribution < -0.4 is 10.5 Å². The summed E-state index contributed by atoms with van der Waals surface area (Å²) < 4.78 is 28.2. The molecule has 88 valence electrons. The second kappa shape index (κ2) is 3.70. The molecule has 0 heterocycles. The number of hydrogen-bond acceptors (Lipinski definition) is 2. The average Bonchev–Trinajstić information content (AvgIpc) is 2.67. The third kappa shape index (κ3) is 1.89. The summed E-state index contributed by atoms with van der Waals surface area (Å²) in [5.41, 5.74) is 7.13. The number of benzene rings is 1. The predicted molar refractivity (Wildman–Crippen MR) is 57.6 cm³/mol. The van der Waals surface area contributed by atoms with E-state index in [-0.39, 0.29) is 17.2 Å². The number of rotatable bonds is 3. The van der Waals surface area contributed by atoms with Gasteiger partial charge in [-0.2, -0.15) is 8.78 Å². The van der Waals surface area contributed by atoms with E-state index in [2.05, 4.69) is 18.6 Å². The highest BCUT2D eigenvalue weighted by molar-refractivity contribution is 5.37. The van der Waals surface area contributed by atoms with Gasteiger partial charge in [-0.25, -0.2) is 0 Å². The molecule has 4 heteroatoms. The van der Waals surface area contributed by atoms with Crippen LogP contribution in [0, 0.1) is 5.41 Å². The summed E-state index contributed by atoms with van der Waals surface area (Å²) in [4.78, 5) is 0. The van der Waals surface area contributed by atoms with Gasteiger partial charge in [0.15, 0.2) is 0 Å². The van der Waals surface area contributed by atoms with Gasteiger partial charge in [-0.1, -0.05) is 26.0 Å². The number of halogens is 2. The van der Waals surface area contributed by atoms with Crippen molar-refractivity contribution in [1.29, 1.82) is 0 Å². The first-order valence-electron chi connectivity index (χ1n) is 5.23. The fourth-order valence-electron chi connectivity index (χ4n) is 2.17. The molecule has 0 amide bonds. The smallest absolute Gasteiger partial charge is 0.387 e. The van der Waals surface area contributed by atoms with Crippen molar-refractivity contribution in [3.63, 3.8) is 0 Å². The summed E-state index contributed by atoms with van der Waals surface area (Å²) in [5, 5.41) is 0. The highest BCUT2D eigenvalue weighted by Gasteiger charge is 2.55. The van der Waals surface area contributed by atoms with E-state index in [9.17, 15) is 8.78 Å². The number of nitrogens with two attached hydrogens (primary N) is 1. The van der Waals surface area contributed by atoms with Crippen LogP contribution in [0.4, 0.5) is 8.78 Å². The summed E-state index contributed by atoms with van der Waals surface area (Å²) in [6, 6.07) is 6.87. The maximum atomic E-state index is 11.9. The van der Waals surface area contributed by atoms with Crippen molar-refractivity contribution in [3.8, 4) is 5.75 Å². The molecule has 16 heavy (non-hydrogen) atoms. The Morgan fingerprint density at radius 2 is 1.75 bits per heavy atom. The Morgan fingerprint density at radius 3 is 2.12 bits per heavy atom. The molecule has 2 N–H and O–H groups in total. The predicted octanol–water partition coefficient (Wildman–Crippen LogP) is 2.74. The Morgan fingerprint density at radius 1 is 1.25 bits per heavy atom. The van der Waals surface area contributed by atoms with E-state index >= 15 is 0 Å². The van der Waals surface area contributed by atoms with Gasteiger partial charge in [-0.05, 0) is 23.1 Å². The second-order valence-electron chi connectivity index (χ2n) is 4.77. The molecule has 0 spiro atoms. The molecule has 0 aliphatic heterocycles. The van der Waals surface area contributed by atoms with Gasteiger partial charge in [0.1, 0.15) is 5.75 Å². The normalized spacial score (nSPS) is 26.9. The van der Waals surface area contributed by atoms with Gasteiger partial charge in [-0.3, -0.25) is 0 Å². The lowest BCUT2D eigenvalue weighted by Gasteiger charge is -2.06. The highest BCUT2D eigenvalue weighted by Crippen LogP contribution is 2.57. The van der Waals surface area contributed by atoms with Crippen LogP contribution in [0.3, 0.4) is 0 Å². The monoisotopic (exact) mass is 227 g/mol. The topological polar surface area (TPSA) is 35.2 Å². The van der Waals surface area contributed by atoms with Gasteiger partial charge in [0.25, 0.3) is 0 Å². The summed E-state index contributed by atoms with van der Waals surface area (Å²) in [6.45, 7) is 1.43. The standard InChI is InChI=1S/C12H15F2NO/c1-12(2)9(10(12)15)7-3-5-8(6-4-7)16-11(13)14/h3-6,9-11H,15H2,1-2H3. The minimum atomic E-state index is -2.77. The van der Waals surface area contributed by atoms with Gasteiger partial charge in [0.2, 0.25) is 0 Å². The molecular formula is C12H15F2NO. The maximum Gasteiger partial charge on any atom is 0.387 e. The molecule has 0 radical (unpaired) electrons. The zero-order valence-corrected chi connectivity index (χ0v) is 9.28. The minimum absolute atomic E-state index is 0.102. The zero-order chi connectivity index (χ0) is 11.9. The Kier molecular flexibility index (Phi) is 2.62. The van der Waals surface area contributed by atoms with Crippen molar-refractivity contribution in [2.24, 2.45) is 11.1 Å². The van der Waals surface area contributed by atoms with Crippen molar-refractivity contribution in [3.05, 3.63) is 29.8 Å². The lowest BCUT2D eigenvalue weighted by atomic mass is 10.0. The van der Waals surface area contributed by atoms with Gasteiger partial charge < -0.3 is 10.5 Å². The molecule has 2 rings (SSSR count). The fourth-order valence-corrected chi connectivity index (χ4v) is 2.17. The van der Waals surface area contributed by atoms with Crippen LogP contribution in [0.25, 0.3) is 0 Å². The first kappa shape index (κ1) is 11.3. The van der Waals surface area contributed by atoms with Crippen molar-refractivity contribution >= 4 is 0 Å². The molecule has 1 aromatic rings. The van der Waals surface area contributed by atoms with E-state index < -0.39 is 6.61 Å². The molecule has 0 aromatic heterocycles. The number of alkyl halides is 2.